The number of ether oxygens (including phenoxy) is 4. The second-order valence-corrected chi connectivity index (χ2v) is 6.12. The predicted octanol–water partition coefficient (Wildman–Crippen LogP) is 2.52. The van der Waals surface area contributed by atoms with E-state index in [-0.39, 0.29) is 26.0 Å². The van der Waals surface area contributed by atoms with Crippen molar-refractivity contribution in [2.24, 2.45) is 0 Å². The summed E-state index contributed by atoms with van der Waals surface area (Å²) in [6, 6.07) is 12.5. The first-order valence-electron chi connectivity index (χ1n) is 8.56. The average molecular weight is 371 g/mol. The number of aryl methyl sites for hydroxylation is 1. The first-order chi connectivity index (χ1) is 13.0. The van der Waals surface area contributed by atoms with Gasteiger partial charge in [0.25, 0.3) is 5.91 Å². The number of fused-ring (bicyclic) bond motifs is 1. The van der Waals surface area contributed by atoms with Crippen LogP contribution in [0.4, 0.5) is 0 Å². The van der Waals surface area contributed by atoms with E-state index in [1.165, 1.54) is 0 Å². The topological polar surface area (TPSA) is 83.1 Å². The Morgan fingerprint density at radius 2 is 1.89 bits per heavy atom. The standard InChI is InChI=1S/C20H21NO6/c1-13-5-3-4-6-16(13)24-11-20(23)25-10-19(22)21-14(2)15-7-8-17-18(9-15)27-12-26-17/h3-9,14H,10-12H2,1-2H3,(H,21,22)/t14-/m0/s1. The molecule has 0 fully saturated rings. The molecule has 1 amide bonds. The molecule has 1 atom stereocenters. The maximum absolute atomic E-state index is 12.0. The van der Waals surface area contributed by atoms with Gasteiger partial charge in [0.05, 0.1) is 6.04 Å². The molecule has 7 heteroatoms. The number of esters is 1. The van der Waals surface area contributed by atoms with Crippen LogP contribution in [0.25, 0.3) is 0 Å². The Hall–Kier alpha value is -3.22. The molecule has 0 bridgehead atoms. The van der Waals surface area contributed by atoms with Gasteiger partial charge >= 0.3 is 5.97 Å². The van der Waals surface area contributed by atoms with Crippen LogP contribution in [0.15, 0.2) is 42.5 Å². The number of para-hydroxylation sites is 1. The van der Waals surface area contributed by atoms with Gasteiger partial charge in [-0.25, -0.2) is 4.79 Å². The van der Waals surface area contributed by atoms with E-state index < -0.39 is 11.9 Å². The maximum Gasteiger partial charge on any atom is 0.344 e. The summed E-state index contributed by atoms with van der Waals surface area (Å²) in [4.78, 5) is 23.8. The molecule has 2 aromatic rings. The molecule has 0 saturated heterocycles. The third kappa shape index (κ3) is 4.91. The average Bonchev–Trinajstić information content (AvgIpc) is 3.13. The first kappa shape index (κ1) is 18.6. The van der Waals surface area contributed by atoms with Gasteiger partial charge in [-0.2, -0.15) is 0 Å². The quantitative estimate of drug-likeness (QED) is 0.753. The first-order valence-corrected chi connectivity index (χ1v) is 8.56. The van der Waals surface area contributed by atoms with Crippen molar-refractivity contribution in [1.82, 2.24) is 5.32 Å². The van der Waals surface area contributed by atoms with Crippen LogP contribution in [-0.2, 0) is 14.3 Å². The lowest BCUT2D eigenvalue weighted by Gasteiger charge is -2.15. The molecule has 142 valence electrons. The molecular formula is C20H21NO6. The summed E-state index contributed by atoms with van der Waals surface area (Å²) in [6.07, 6.45) is 0. The Morgan fingerprint density at radius 3 is 2.70 bits per heavy atom. The molecule has 1 aliphatic rings. The van der Waals surface area contributed by atoms with Crippen LogP contribution in [-0.4, -0.2) is 31.9 Å². The zero-order valence-electron chi connectivity index (χ0n) is 15.2. The van der Waals surface area contributed by atoms with Gasteiger partial charge in [0.15, 0.2) is 24.7 Å². The molecule has 7 nitrogen and oxygen atoms in total. The van der Waals surface area contributed by atoms with Crippen LogP contribution >= 0.6 is 0 Å². The summed E-state index contributed by atoms with van der Waals surface area (Å²) in [5.74, 6) is 0.928. The largest absolute Gasteiger partial charge is 0.482 e. The maximum atomic E-state index is 12.0. The number of carbonyl (C=O) groups excluding carboxylic acids is 2. The minimum atomic E-state index is -0.607. The molecule has 0 unspecified atom stereocenters. The zero-order valence-corrected chi connectivity index (χ0v) is 15.2. The summed E-state index contributed by atoms with van der Waals surface area (Å²) in [5.41, 5.74) is 1.78. The number of benzene rings is 2. The second-order valence-electron chi connectivity index (χ2n) is 6.12. The lowest BCUT2D eigenvalue weighted by Crippen LogP contribution is -2.32. The highest BCUT2D eigenvalue weighted by Gasteiger charge is 2.17. The summed E-state index contributed by atoms with van der Waals surface area (Å²) < 4.78 is 20.9. The van der Waals surface area contributed by atoms with E-state index in [1.54, 1.807) is 12.1 Å². The SMILES string of the molecule is Cc1ccccc1OCC(=O)OCC(=O)N[C@@H](C)c1ccc2c(c1)OCO2. The van der Waals surface area contributed by atoms with Crippen LogP contribution in [0.1, 0.15) is 24.1 Å². The highest BCUT2D eigenvalue weighted by molar-refractivity contribution is 5.81. The normalized spacial score (nSPS) is 13.0. The summed E-state index contributed by atoms with van der Waals surface area (Å²) in [5, 5.41) is 2.77. The smallest absolute Gasteiger partial charge is 0.344 e. The van der Waals surface area contributed by atoms with Crippen molar-refractivity contribution in [2.75, 3.05) is 20.0 Å². The predicted molar refractivity (Wildman–Crippen MR) is 96.8 cm³/mol. The van der Waals surface area contributed by atoms with Crippen molar-refractivity contribution in [3.8, 4) is 17.2 Å². The van der Waals surface area contributed by atoms with Gasteiger partial charge in [0.2, 0.25) is 6.79 Å². The molecule has 3 rings (SSSR count). The molecule has 0 radical (unpaired) electrons. The van der Waals surface area contributed by atoms with Gasteiger partial charge < -0.3 is 24.3 Å². The van der Waals surface area contributed by atoms with Crippen LogP contribution in [0.5, 0.6) is 17.2 Å². The van der Waals surface area contributed by atoms with Gasteiger partial charge in [-0.3, -0.25) is 4.79 Å². The van der Waals surface area contributed by atoms with Gasteiger partial charge in [-0.05, 0) is 43.2 Å². The van der Waals surface area contributed by atoms with Crippen molar-refractivity contribution in [3.63, 3.8) is 0 Å². The molecule has 27 heavy (non-hydrogen) atoms. The minimum Gasteiger partial charge on any atom is -0.482 e. The Kier molecular flexibility index (Phi) is 5.80. The Morgan fingerprint density at radius 1 is 1.11 bits per heavy atom. The Labute approximate surface area is 157 Å². The molecule has 0 aliphatic carbocycles. The van der Waals surface area contributed by atoms with Crippen molar-refractivity contribution in [2.45, 2.75) is 19.9 Å². The van der Waals surface area contributed by atoms with Gasteiger partial charge in [0, 0.05) is 0 Å². The molecular weight excluding hydrogens is 350 g/mol. The van der Waals surface area contributed by atoms with E-state index in [9.17, 15) is 9.59 Å². The fraction of sp³-hybridized carbons (Fsp3) is 0.300. The molecule has 1 aliphatic heterocycles. The van der Waals surface area contributed by atoms with Crippen molar-refractivity contribution >= 4 is 11.9 Å². The summed E-state index contributed by atoms with van der Waals surface area (Å²) >= 11 is 0. The van der Waals surface area contributed by atoms with E-state index in [2.05, 4.69) is 5.32 Å². The highest BCUT2D eigenvalue weighted by Crippen LogP contribution is 2.34. The number of nitrogens with one attached hydrogen (secondary N) is 1. The number of rotatable bonds is 7. The fourth-order valence-electron chi connectivity index (χ4n) is 2.59. The zero-order chi connectivity index (χ0) is 19.2. The molecule has 0 saturated carbocycles. The summed E-state index contributed by atoms with van der Waals surface area (Å²) in [6.45, 7) is 3.28. The van der Waals surface area contributed by atoms with Crippen molar-refractivity contribution < 1.29 is 28.5 Å². The molecule has 1 N–H and O–H groups in total. The molecule has 2 aromatic carbocycles. The highest BCUT2D eigenvalue weighted by atomic mass is 16.7. The Bertz CT molecular complexity index is 835. The lowest BCUT2D eigenvalue weighted by atomic mass is 10.1. The van der Waals surface area contributed by atoms with Crippen LogP contribution in [0.2, 0.25) is 0 Å². The van der Waals surface area contributed by atoms with E-state index in [1.807, 2.05) is 44.2 Å². The van der Waals surface area contributed by atoms with Gasteiger partial charge in [-0.1, -0.05) is 24.3 Å². The van der Waals surface area contributed by atoms with Crippen molar-refractivity contribution in [1.29, 1.82) is 0 Å². The van der Waals surface area contributed by atoms with E-state index >= 15 is 0 Å². The van der Waals surface area contributed by atoms with Gasteiger partial charge in [-0.15, -0.1) is 0 Å². The number of amides is 1. The van der Waals surface area contributed by atoms with E-state index in [0.29, 0.717) is 17.2 Å². The van der Waals surface area contributed by atoms with E-state index in [4.69, 9.17) is 18.9 Å². The number of hydrogen-bond acceptors (Lipinski definition) is 6. The molecule has 1 heterocycles. The number of carbonyl (C=O) groups is 2. The van der Waals surface area contributed by atoms with Crippen LogP contribution in [0.3, 0.4) is 0 Å². The van der Waals surface area contributed by atoms with Crippen molar-refractivity contribution in [3.05, 3.63) is 53.6 Å². The third-order valence-electron chi connectivity index (χ3n) is 4.08. The van der Waals surface area contributed by atoms with Gasteiger partial charge in [0.1, 0.15) is 5.75 Å². The Balaban J connectivity index is 1.42. The minimum absolute atomic E-state index is 0.194. The van der Waals surface area contributed by atoms with Crippen LogP contribution < -0.4 is 19.5 Å². The number of hydrogen-bond donors (Lipinski definition) is 1. The monoisotopic (exact) mass is 371 g/mol. The van der Waals surface area contributed by atoms with E-state index in [0.717, 1.165) is 11.1 Å². The molecule has 0 aromatic heterocycles. The van der Waals surface area contributed by atoms with Crippen LogP contribution in [0, 0.1) is 6.92 Å². The summed E-state index contributed by atoms with van der Waals surface area (Å²) in [7, 11) is 0. The lowest BCUT2D eigenvalue weighted by molar-refractivity contribution is -0.150. The molecule has 0 spiro atoms. The fourth-order valence-corrected chi connectivity index (χ4v) is 2.59. The third-order valence-corrected chi connectivity index (χ3v) is 4.08. The second kappa shape index (κ2) is 8.44.